The van der Waals surface area contributed by atoms with Gasteiger partial charge in [0.05, 0.1) is 0 Å². The van der Waals surface area contributed by atoms with E-state index in [0.717, 1.165) is 19.1 Å². The van der Waals surface area contributed by atoms with Crippen LogP contribution in [0.4, 0.5) is 0 Å². The number of hydrogen-bond donors (Lipinski definition) is 0. The zero-order valence-electron chi connectivity index (χ0n) is 7.53. The van der Waals surface area contributed by atoms with E-state index in [1.165, 1.54) is 19.3 Å². The van der Waals surface area contributed by atoms with E-state index < -0.39 is 0 Å². The Bertz CT molecular complexity index is 208. The molecule has 0 spiro atoms. The van der Waals surface area contributed by atoms with Crippen LogP contribution in [-0.4, -0.2) is 42.0 Å². The van der Waals surface area contributed by atoms with Gasteiger partial charge in [0, 0.05) is 25.2 Å². The van der Waals surface area contributed by atoms with E-state index in [1.54, 1.807) is 0 Å². The van der Waals surface area contributed by atoms with Crippen LogP contribution in [-0.2, 0) is 0 Å². The predicted molar refractivity (Wildman–Crippen MR) is 46.4 cm³/mol. The minimum absolute atomic E-state index is 0.636. The maximum atomic E-state index is 8.79. The molecular weight excluding hydrogens is 150 g/mol. The monoisotopic (exact) mass is 165 g/mol. The average Bonchev–Trinajstić information content (AvgIpc) is 2.27. The van der Waals surface area contributed by atoms with Crippen LogP contribution in [0.1, 0.15) is 19.3 Å². The zero-order valence-corrected chi connectivity index (χ0v) is 7.53. The first kappa shape index (κ1) is 7.88. The molecule has 0 N–H and O–H groups in total. The molecule has 2 rings (SSSR count). The third-order valence-electron chi connectivity index (χ3n) is 3.29. The van der Waals surface area contributed by atoms with Crippen LogP contribution in [0.25, 0.3) is 0 Å². The van der Waals surface area contributed by atoms with Crippen LogP contribution < -0.4 is 0 Å². The minimum atomic E-state index is 0.636. The topological polar surface area (TPSA) is 30.3 Å². The maximum absolute atomic E-state index is 8.79. The molecule has 0 aliphatic carbocycles. The fourth-order valence-corrected chi connectivity index (χ4v) is 2.40. The summed E-state index contributed by atoms with van der Waals surface area (Å²) in [5.74, 6) is 0. The van der Waals surface area contributed by atoms with Crippen LogP contribution in [0.5, 0.6) is 0 Å². The van der Waals surface area contributed by atoms with Gasteiger partial charge >= 0.3 is 0 Å². The van der Waals surface area contributed by atoms with Crippen molar-refractivity contribution in [3.63, 3.8) is 0 Å². The number of fused-ring (bicyclic) bond motifs is 2. The summed E-state index contributed by atoms with van der Waals surface area (Å²) in [4.78, 5) is 4.36. The van der Waals surface area contributed by atoms with Gasteiger partial charge in [-0.25, -0.2) is 0 Å². The molecule has 2 heterocycles. The van der Waals surface area contributed by atoms with Gasteiger partial charge in [0.2, 0.25) is 0 Å². The van der Waals surface area contributed by atoms with E-state index in [4.69, 9.17) is 5.26 Å². The molecule has 2 atom stereocenters. The van der Waals surface area contributed by atoms with Crippen molar-refractivity contribution in [1.82, 2.24) is 9.80 Å². The second-order valence-electron chi connectivity index (χ2n) is 3.89. The Labute approximate surface area is 73.6 Å². The van der Waals surface area contributed by atoms with Crippen LogP contribution in [0.15, 0.2) is 0 Å². The van der Waals surface area contributed by atoms with E-state index in [1.807, 2.05) is 4.90 Å². The van der Waals surface area contributed by atoms with Gasteiger partial charge in [-0.2, -0.15) is 5.26 Å². The fraction of sp³-hybridized carbons (Fsp3) is 0.889. The highest BCUT2D eigenvalue weighted by Gasteiger charge is 2.34. The van der Waals surface area contributed by atoms with Gasteiger partial charge in [-0.3, -0.25) is 4.90 Å². The Morgan fingerprint density at radius 3 is 2.75 bits per heavy atom. The highest BCUT2D eigenvalue weighted by molar-refractivity contribution is 4.93. The molecule has 2 bridgehead atoms. The molecule has 0 aromatic rings. The minimum Gasteiger partial charge on any atom is -0.309 e. The molecular formula is C9H15N3. The Morgan fingerprint density at radius 1 is 1.25 bits per heavy atom. The van der Waals surface area contributed by atoms with Gasteiger partial charge in [-0.1, -0.05) is 0 Å². The Hall–Kier alpha value is -0.750. The zero-order chi connectivity index (χ0) is 8.55. The molecule has 0 saturated carbocycles. The van der Waals surface area contributed by atoms with E-state index in [-0.39, 0.29) is 0 Å². The second kappa shape index (κ2) is 2.95. The van der Waals surface area contributed by atoms with Gasteiger partial charge in [-0.15, -0.1) is 0 Å². The lowest BCUT2D eigenvalue weighted by molar-refractivity contribution is 0.243. The number of likely N-dealkylation sites (N-methyl/N-ethyl adjacent to an activating group) is 1. The molecule has 2 saturated heterocycles. The van der Waals surface area contributed by atoms with Crippen molar-refractivity contribution in [3.8, 4) is 6.19 Å². The predicted octanol–water partition coefficient (Wildman–Crippen LogP) is 0.636. The summed E-state index contributed by atoms with van der Waals surface area (Å²) in [7, 11) is 2.20. The molecule has 0 amide bonds. The Kier molecular flexibility index (Phi) is 1.93. The maximum Gasteiger partial charge on any atom is 0.179 e. The fourth-order valence-electron chi connectivity index (χ4n) is 2.40. The van der Waals surface area contributed by atoms with Crippen molar-refractivity contribution in [2.45, 2.75) is 31.3 Å². The first-order chi connectivity index (χ1) is 5.81. The smallest absolute Gasteiger partial charge is 0.179 e. The number of hydrogen-bond acceptors (Lipinski definition) is 3. The molecule has 2 aliphatic rings. The van der Waals surface area contributed by atoms with E-state index in [9.17, 15) is 0 Å². The second-order valence-corrected chi connectivity index (χ2v) is 3.89. The van der Waals surface area contributed by atoms with Crippen LogP contribution in [0.2, 0.25) is 0 Å². The summed E-state index contributed by atoms with van der Waals surface area (Å²) in [5.41, 5.74) is 0. The van der Waals surface area contributed by atoms with Gasteiger partial charge < -0.3 is 4.90 Å². The lowest BCUT2D eigenvalue weighted by Gasteiger charge is -2.22. The molecule has 0 aromatic carbocycles. The van der Waals surface area contributed by atoms with Gasteiger partial charge in [0.25, 0.3) is 0 Å². The lowest BCUT2D eigenvalue weighted by Crippen LogP contribution is -2.34. The number of rotatable bonds is 0. The van der Waals surface area contributed by atoms with Crippen molar-refractivity contribution in [1.29, 1.82) is 5.26 Å². The summed E-state index contributed by atoms with van der Waals surface area (Å²) in [6, 6.07) is 1.38. The molecule has 3 heteroatoms. The van der Waals surface area contributed by atoms with E-state index in [0.29, 0.717) is 6.04 Å². The number of nitrogens with zero attached hydrogens (tertiary/aromatic N) is 3. The molecule has 66 valence electrons. The molecule has 2 fully saturated rings. The van der Waals surface area contributed by atoms with Crippen LogP contribution in [0.3, 0.4) is 0 Å². The van der Waals surface area contributed by atoms with Crippen molar-refractivity contribution in [2.75, 3.05) is 20.1 Å². The Morgan fingerprint density at radius 2 is 2.00 bits per heavy atom. The lowest BCUT2D eigenvalue weighted by atomic mass is 10.1. The van der Waals surface area contributed by atoms with Crippen molar-refractivity contribution in [3.05, 3.63) is 0 Å². The molecule has 0 aromatic heterocycles. The summed E-state index contributed by atoms with van der Waals surface area (Å²) in [6.07, 6.45) is 6.03. The summed E-state index contributed by atoms with van der Waals surface area (Å²) >= 11 is 0. The molecule has 12 heavy (non-hydrogen) atoms. The normalized spacial score (nSPS) is 36.2. The number of nitriles is 1. The van der Waals surface area contributed by atoms with Crippen molar-refractivity contribution < 1.29 is 0 Å². The van der Waals surface area contributed by atoms with Crippen LogP contribution in [0, 0.1) is 11.5 Å². The molecule has 2 aliphatic heterocycles. The van der Waals surface area contributed by atoms with Crippen molar-refractivity contribution >= 4 is 0 Å². The quantitative estimate of drug-likeness (QED) is 0.493. The Balaban J connectivity index is 2.08. The molecule has 0 radical (unpaired) electrons. The molecule has 2 unspecified atom stereocenters. The third kappa shape index (κ3) is 1.16. The van der Waals surface area contributed by atoms with E-state index >= 15 is 0 Å². The summed E-state index contributed by atoms with van der Waals surface area (Å²) in [6.45, 7) is 1.91. The average molecular weight is 165 g/mol. The highest BCUT2D eigenvalue weighted by Crippen LogP contribution is 2.27. The summed E-state index contributed by atoms with van der Waals surface area (Å²) in [5, 5.41) is 8.79. The SMILES string of the molecule is CN1C2CCC1CN(C#N)CC2. The van der Waals surface area contributed by atoms with Gasteiger partial charge in [-0.05, 0) is 26.3 Å². The standard InChI is InChI=1S/C9H15N3/c1-11-8-2-3-9(11)6-12(7-10)5-4-8/h8-9H,2-6H2,1H3. The largest absolute Gasteiger partial charge is 0.309 e. The van der Waals surface area contributed by atoms with Crippen LogP contribution >= 0.6 is 0 Å². The van der Waals surface area contributed by atoms with Gasteiger partial charge in [0.15, 0.2) is 6.19 Å². The highest BCUT2D eigenvalue weighted by atomic mass is 15.3. The third-order valence-corrected chi connectivity index (χ3v) is 3.29. The van der Waals surface area contributed by atoms with Gasteiger partial charge in [0.1, 0.15) is 0 Å². The number of likely N-dealkylation sites (tertiary alicyclic amines) is 1. The van der Waals surface area contributed by atoms with E-state index in [2.05, 4.69) is 18.1 Å². The molecule has 3 nitrogen and oxygen atoms in total. The first-order valence-electron chi connectivity index (χ1n) is 4.68. The summed E-state index contributed by atoms with van der Waals surface area (Å²) < 4.78 is 0. The first-order valence-corrected chi connectivity index (χ1v) is 4.68. The van der Waals surface area contributed by atoms with Crippen molar-refractivity contribution in [2.24, 2.45) is 0 Å².